The van der Waals surface area contributed by atoms with E-state index in [1.807, 2.05) is 51.1 Å². The summed E-state index contributed by atoms with van der Waals surface area (Å²) in [6, 6.07) is 15.6. The van der Waals surface area contributed by atoms with Gasteiger partial charge in [0.1, 0.15) is 0 Å². The summed E-state index contributed by atoms with van der Waals surface area (Å²) in [5.41, 5.74) is 3.50. The van der Waals surface area contributed by atoms with Gasteiger partial charge in [-0.1, -0.05) is 37.3 Å². The fourth-order valence-electron chi connectivity index (χ4n) is 3.54. The molecule has 1 aromatic heterocycles. The molecular weight excluding hydrogens is 362 g/mol. The van der Waals surface area contributed by atoms with Gasteiger partial charge in [0.15, 0.2) is 11.6 Å². The fourth-order valence-corrected chi connectivity index (χ4v) is 3.54. The number of aromatic nitrogens is 2. The van der Waals surface area contributed by atoms with Crippen molar-refractivity contribution in [3.8, 4) is 6.07 Å². The summed E-state index contributed by atoms with van der Waals surface area (Å²) in [6.07, 6.45) is 2.02. The molecular formula is C24H25N3O2. The van der Waals surface area contributed by atoms with Crippen LogP contribution in [0.5, 0.6) is 0 Å². The predicted molar refractivity (Wildman–Crippen MR) is 113 cm³/mol. The van der Waals surface area contributed by atoms with Crippen molar-refractivity contribution in [2.24, 2.45) is 0 Å². The molecule has 1 unspecified atom stereocenters. The minimum atomic E-state index is -0.533. The van der Waals surface area contributed by atoms with Gasteiger partial charge < -0.3 is 4.57 Å². The summed E-state index contributed by atoms with van der Waals surface area (Å²) >= 11 is 0. The Balaban J connectivity index is 1.74. The highest BCUT2D eigenvalue weighted by atomic mass is 16.1. The number of carbonyl (C=O) groups is 2. The first-order chi connectivity index (χ1) is 13.7. The van der Waals surface area contributed by atoms with E-state index < -0.39 is 5.41 Å². The lowest BCUT2D eigenvalue weighted by Gasteiger charge is -2.18. The number of fused-ring (bicyclic) bond motifs is 1. The molecule has 2 aromatic carbocycles. The molecule has 1 atom stereocenters. The number of benzene rings is 2. The molecule has 3 aromatic rings. The first-order valence-corrected chi connectivity index (χ1v) is 9.71. The maximum atomic E-state index is 12.7. The lowest BCUT2D eigenvalue weighted by molar-refractivity contribution is -0.119. The molecule has 0 aliphatic rings. The van der Waals surface area contributed by atoms with Crippen LogP contribution in [0.2, 0.25) is 0 Å². The number of ketones is 2. The predicted octanol–water partition coefficient (Wildman–Crippen LogP) is 4.80. The highest BCUT2D eigenvalue weighted by Gasteiger charge is 2.20. The van der Waals surface area contributed by atoms with Gasteiger partial charge in [-0.15, -0.1) is 0 Å². The highest BCUT2D eigenvalue weighted by molar-refractivity contribution is 6.05. The van der Waals surface area contributed by atoms with Crippen molar-refractivity contribution in [3.05, 3.63) is 65.5 Å². The number of carbonyl (C=O) groups excluding carboxylic acids is 2. The standard InChI is InChI=1S/C24H25N3O2/c1-16(18-8-10-19(11-9-18)24(3,4)14-25)12-20(29)13-27-15-26-22-7-5-6-21(17(2)28)23(22)27/h5-11,15-16H,12-13H2,1-4H3. The molecule has 0 amide bonds. The molecule has 5 heteroatoms. The topological polar surface area (TPSA) is 75.8 Å². The SMILES string of the molecule is CC(=O)c1cccc2ncn(CC(=O)CC(C)c3ccc(C(C)(C)C#N)cc3)c12. The van der Waals surface area contributed by atoms with Crippen molar-refractivity contribution in [1.82, 2.24) is 9.55 Å². The molecule has 0 bridgehead atoms. The molecule has 0 aliphatic heterocycles. The molecule has 3 rings (SSSR count). The molecule has 1 heterocycles. The van der Waals surface area contributed by atoms with E-state index in [1.54, 1.807) is 23.0 Å². The number of Topliss-reactive ketones (excluding diaryl/α,β-unsaturated/α-hetero) is 2. The van der Waals surface area contributed by atoms with Crippen molar-refractivity contribution >= 4 is 22.6 Å². The second-order valence-electron chi connectivity index (χ2n) is 8.10. The van der Waals surface area contributed by atoms with Crippen molar-refractivity contribution < 1.29 is 9.59 Å². The van der Waals surface area contributed by atoms with E-state index in [4.69, 9.17) is 0 Å². The van der Waals surface area contributed by atoms with Crippen LogP contribution in [0.3, 0.4) is 0 Å². The van der Waals surface area contributed by atoms with E-state index in [-0.39, 0.29) is 24.0 Å². The first-order valence-electron chi connectivity index (χ1n) is 9.71. The Morgan fingerprint density at radius 1 is 1.17 bits per heavy atom. The van der Waals surface area contributed by atoms with Gasteiger partial charge in [-0.3, -0.25) is 9.59 Å². The largest absolute Gasteiger partial charge is 0.322 e. The fraction of sp³-hybridized carbons (Fsp3) is 0.333. The second-order valence-corrected chi connectivity index (χ2v) is 8.10. The molecule has 0 radical (unpaired) electrons. The Hall–Kier alpha value is -3.26. The van der Waals surface area contributed by atoms with Gasteiger partial charge in [0, 0.05) is 12.0 Å². The Morgan fingerprint density at radius 3 is 2.48 bits per heavy atom. The summed E-state index contributed by atoms with van der Waals surface area (Å²) in [7, 11) is 0. The van der Waals surface area contributed by atoms with Crippen LogP contribution in [0, 0.1) is 11.3 Å². The quantitative estimate of drug-likeness (QED) is 0.546. The number of imidazole rings is 1. The number of nitrogens with zero attached hydrogens (tertiary/aromatic N) is 3. The zero-order chi connectivity index (χ0) is 21.2. The monoisotopic (exact) mass is 387 g/mol. The van der Waals surface area contributed by atoms with Crippen molar-refractivity contribution in [2.45, 2.75) is 52.0 Å². The number of hydrogen-bond acceptors (Lipinski definition) is 4. The van der Waals surface area contributed by atoms with Gasteiger partial charge in [0.2, 0.25) is 0 Å². The third kappa shape index (κ3) is 4.27. The number of hydrogen-bond donors (Lipinski definition) is 0. The number of para-hydroxylation sites is 1. The van der Waals surface area contributed by atoms with E-state index in [2.05, 4.69) is 11.1 Å². The normalized spacial score (nSPS) is 12.5. The van der Waals surface area contributed by atoms with Gasteiger partial charge in [-0.2, -0.15) is 5.26 Å². The molecule has 0 fully saturated rings. The van der Waals surface area contributed by atoms with Gasteiger partial charge in [-0.25, -0.2) is 4.98 Å². The number of nitriles is 1. The molecule has 29 heavy (non-hydrogen) atoms. The van der Waals surface area contributed by atoms with Crippen LogP contribution in [0.25, 0.3) is 11.0 Å². The number of rotatable bonds is 7. The molecule has 148 valence electrons. The highest BCUT2D eigenvalue weighted by Crippen LogP contribution is 2.26. The Morgan fingerprint density at radius 2 is 1.86 bits per heavy atom. The Kier molecular flexibility index (Phi) is 5.65. The Bertz CT molecular complexity index is 1100. The zero-order valence-electron chi connectivity index (χ0n) is 17.3. The van der Waals surface area contributed by atoms with Crippen LogP contribution < -0.4 is 0 Å². The summed E-state index contributed by atoms with van der Waals surface area (Å²) < 4.78 is 1.76. The maximum Gasteiger partial charge on any atom is 0.161 e. The minimum Gasteiger partial charge on any atom is -0.322 e. The average molecular weight is 387 g/mol. The van der Waals surface area contributed by atoms with Gasteiger partial charge in [0.05, 0.1) is 35.4 Å². The van der Waals surface area contributed by atoms with E-state index in [9.17, 15) is 14.9 Å². The van der Waals surface area contributed by atoms with E-state index in [1.165, 1.54) is 6.92 Å². The summed E-state index contributed by atoms with van der Waals surface area (Å²) in [4.78, 5) is 29.0. The van der Waals surface area contributed by atoms with E-state index >= 15 is 0 Å². The van der Waals surface area contributed by atoms with Crippen molar-refractivity contribution in [2.75, 3.05) is 0 Å². The third-order valence-electron chi connectivity index (χ3n) is 5.38. The van der Waals surface area contributed by atoms with Crippen LogP contribution in [0.15, 0.2) is 48.8 Å². The van der Waals surface area contributed by atoms with Gasteiger partial charge in [0.25, 0.3) is 0 Å². The lowest BCUT2D eigenvalue weighted by Crippen LogP contribution is -2.15. The molecule has 0 spiro atoms. The Labute approximate surface area is 171 Å². The third-order valence-corrected chi connectivity index (χ3v) is 5.38. The van der Waals surface area contributed by atoms with Gasteiger partial charge >= 0.3 is 0 Å². The molecule has 0 saturated heterocycles. The average Bonchev–Trinajstić information content (AvgIpc) is 3.10. The van der Waals surface area contributed by atoms with Crippen molar-refractivity contribution in [3.63, 3.8) is 0 Å². The molecule has 0 N–H and O–H groups in total. The van der Waals surface area contributed by atoms with Crippen molar-refractivity contribution in [1.29, 1.82) is 5.26 Å². The first kappa shape index (κ1) is 20.5. The van der Waals surface area contributed by atoms with Crippen LogP contribution in [-0.2, 0) is 16.8 Å². The molecule has 5 nitrogen and oxygen atoms in total. The minimum absolute atomic E-state index is 0.0430. The summed E-state index contributed by atoms with van der Waals surface area (Å²) in [5, 5.41) is 9.27. The van der Waals surface area contributed by atoms with Gasteiger partial charge in [-0.05, 0) is 49.9 Å². The summed E-state index contributed by atoms with van der Waals surface area (Å²) in [5.74, 6) is 0.0962. The lowest BCUT2D eigenvalue weighted by atomic mass is 9.84. The summed E-state index contributed by atoms with van der Waals surface area (Å²) in [6.45, 7) is 7.51. The zero-order valence-corrected chi connectivity index (χ0v) is 17.3. The van der Waals surface area contributed by atoms with Crippen LogP contribution in [-0.4, -0.2) is 21.1 Å². The smallest absolute Gasteiger partial charge is 0.161 e. The molecule has 0 aliphatic carbocycles. The maximum absolute atomic E-state index is 12.7. The van der Waals surface area contributed by atoms with E-state index in [0.717, 1.165) is 11.1 Å². The second kappa shape index (κ2) is 8.00. The molecule has 0 saturated carbocycles. The van der Waals surface area contributed by atoms with Crippen LogP contribution in [0.1, 0.15) is 61.5 Å². The van der Waals surface area contributed by atoms with Crippen LogP contribution in [0.4, 0.5) is 0 Å². The van der Waals surface area contributed by atoms with E-state index in [0.29, 0.717) is 23.0 Å². The van der Waals surface area contributed by atoms with Crippen LogP contribution >= 0.6 is 0 Å².